The van der Waals surface area contributed by atoms with Crippen LogP contribution in [0.2, 0.25) is 10.0 Å². The summed E-state index contributed by atoms with van der Waals surface area (Å²) in [6.45, 7) is 0. The normalized spacial score (nSPS) is 10.6. The van der Waals surface area contributed by atoms with Crippen molar-refractivity contribution in [1.82, 2.24) is 4.68 Å². The molecule has 0 spiro atoms. The molecule has 0 saturated heterocycles. The number of nitrogens with one attached hydrogen (secondary N) is 3. The lowest BCUT2D eigenvalue weighted by Gasteiger charge is -2.13. The van der Waals surface area contributed by atoms with Gasteiger partial charge in [-0.3, -0.25) is 19.8 Å². The number of rotatable bonds is 4. The van der Waals surface area contributed by atoms with Crippen molar-refractivity contribution >= 4 is 63.2 Å². The molecule has 3 aromatic carbocycles. The standard InChI is InChI=1S/C23H15Cl2FN4O3/c24-14-2-1-3-18(12-14)28-21(31)20-11-13-10-15(25)4-9-19(13)30(20)29-23(33)22(32)27-17-7-5-16(26)6-8-17/h1-12H,(H,27,32)(H,28,31)(H,29,33). The smallest absolute Gasteiger partial charge is 0.321 e. The Labute approximate surface area is 197 Å². The van der Waals surface area contributed by atoms with E-state index in [2.05, 4.69) is 16.1 Å². The van der Waals surface area contributed by atoms with Gasteiger partial charge in [-0.15, -0.1) is 0 Å². The lowest BCUT2D eigenvalue weighted by Crippen LogP contribution is -2.36. The Balaban J connectivity index is 1.62. The van der Waals surface area contributed by atoms with E-state index in [4.69, 9.17) is 23.2 Å². The largest absolute Gasteiger partial charge is 0.328 e. The zero-order valence-electron chi connectivity index (χ0n) is 16.7. The van der Waals surface area contributed by atoms with E-state index in [1.54, 1.807) is 42.5 Å². The maximum Gasteiger partial charge on any atom is 0.328 e. The van der Waals surface area contributed by atoms with Crippen molar-refractivity contribution in [1.29, 1.82) is 0 Å². The minimum Gasteiger partial charge on any atom is -0.321 e. The zero-order valence-corrected chi connectivity index (χ0v) is 18.2. The van der Waals surface area contributed by atoms with Crippen molar-refractivity contribution in [3.8, 4) is 0 Å². The summed E-state index contributed by atoms with van der Waals surface area (Å²) in [4.78, 5) is 37.9. The minimum atomic E-state index is -1.04. The number of carbonyl (C=O) groups excluding carboxylic acids is 3. The van der Waals surface area contributed by atoms with E-state index in [-0.39, 0.29) is 11.4 Å². The van der Waals surface area contributed by atoms with E-state index in [0.29, 0.717) is 26.6 Å². The van der Waals surface area contributed by atoms with Crippen LogP contribution in [0.15, 0.2) is 72.8 Å². The van der Waals surface area contributed by atoms with Gasteiger partial charge < -0.3 is 10.6 Å². The Morgan fingerprint density at radius 1 is 0.758 bits per heavy atom. The molecule has 166 valence electrons. The predicted molar refractivity (Wildman–Crippen MR) is 126 cm³/mol. The first-order valence-electron chi connectivity index (χ1n) is 9.56. The summed E-state index contributed by atoms with van der Waals surface area (Å²) < 4.78 is 14.3. The molecule has 0 aliphatic carbocycles. The van der Waals surface area contributed by atoms with E-state index in [0.717, 1.165) is 12.1 Å². The predicted octanol–water partition coefficient (Wildman–Crippen LogP) is 5.05. The van der Waals surface area contributed by atoms with Gasteiger partial charge in [0.15, 0.2) is 0 Å². The molecular weight excluding hydrogens is 470 g/mol. The van der Waals surface area contributed by atoms with Crippen LogP contribution in [0.25, 0.3) is 10.9 Å². The van der Waals surface area contributed by atoms with Gasteiger partial charge in [-0.25, -0.2) is 9.07 Å². The Bertz CT molecular complexity index is 1390. The molecule has 0 saturated carbocycles. The zero-order chi connectivity index (χ0) is 23.5. The van der Waals surface area contributed by atoms with Gasteiger partial charge in [0.1, 0.15) is 11.5 Å². The average molecular weight is 485 g/mol. The molecule has 0 atom stereocenters. The molecule has 0 bridgehead atoms. The highest BCUT2D eigenvalue weighted by Crippen LogP contribution is 2.24. The molecule has 0 radical (unpaired) electrons. The number of nitrogens with zero attached hydrogens (tertiary/aromatic N) is 1. The van der Waals surface area contributed by atoms with Gasteiger partial charge in [-0.05, 0) is 66.7 Å². The van der Waals surface area contributed by atoms with Gasteiger partial charge in [0.2, 0.25) is 0 Å². The molecule has 33 heavy (non-hydrogen) atoms. The van der Waals surface area contributed by atoms with Gasteiger partial charge in [0.05, 0.1) is 5.52 Å². The van der Waals surface area contributed by atoms with E-state index >= 15 is 0 Å². The second-order valence-electron chi connectivity index (χ2n) is 6.93. The molecule has 3 amide bonds. The lowest BCUT2D eigenvalue weighted by molar-refractivity contribution is -0.133. The first kappa shape index (κ1) is 22.3. The summed E-state index contributed by atoms with van der Waals surface area (Å²) in [6.07, 6.45) is 0. The van der Waals surface area contributed by atoms with Crippen LogP contribution in [0.5, 0.6) is 0 Å². The molecule has 1 aromatic heterocycles. The number of halogens is 3. The Kier molecular flexibility index (Phi) is 6.30. The van der Waals surface area contributed by atoms with Crippen molar-refractivity contribution in [3.05, 3.63) is 94.4 Å². The Morgan fingerprint density at radius 2 is 1.48 bits per heavy atom. The number of fused-ring (bicyclic) bond motifs is 1. The fraction of sp³-hybridized carbons (Fsp3) is 0. The van der Waals surface area contributed by atoms with Crippen LogP contribution in [0.1, 0.15) is 10.5 Å². The molecule has 4 aromatic rings. The van der Waals surface area contributed by atoms with E-state index < -0.39 is 23.5 Å². The van der Waals surface area contributed by atoms with Gasteiger partial charge >= 0.3 is 11.8 Å². The highest BCUT2D eigenvalue weighted by atomic mass is 35.5. The van der Waals surface area contributed by atoms with Gasteiger partial charge in [0.25, 0.3) is 5.91 Å². The first-order valence-corrected chi connectivity index (χ1v) is 10.3. The third-order valence-corrected chi connectivity index (χ3v) is 5.07. The minimum absolute atomic E-state index is 0.0511. The lowest BCUT2D eigenvalue weighted by atomic mass is 10.2. The Hall–Kier alpha value is -3.88. The van der Waals surface area contributed by atoms with Crippen molar-refractivity contribution in [2.24, 2.45) is 0 Å². The quantitative estimate of drug-likeness (QED) is 0.354. The second-order valence-corrected chi connectivity index (χ2v) is 7.81. The van der Waals surface area contributed by atoms with E-state index in [1.165, 1.54) is 22.9 Å². The molecule has 1 heterocycles. The van der Waals surface area contributed by atoms with Crippen LogP contribution in [0, 0.1) is 5.82 Å². The molecule has 4 rings (SSSR count). The molecule has 0 aliphatic heterocycles. The molecule has 0 unspecified atom stereocenters. The van der Waals surface area contributed by atoms with Crippen LogP contribution < -0.4 is 16.1 Å². The van der Waals surface area contributed by atoms with Gasteiger partial charge in [-0.1, -0.05) is 29.3 Å². The summed E-state index contributed by atoms with van der Waals surface area (Å²) in [5.41, 5.74) is 3.60. The van der Waals surface area contributed by atoms with Crippen molar-refractivity contribution in [2.75, 3.05) is 16.1 Å². The van der Waals surface area contributed by atoms with Gasteiger partial charge in [-0.2, -0.15) is 0 Å². The number of benzene rings is 3. The number of aromatic nitrogens is 1. The summed E-state index contributed by atoms with van der Waals surface area (Å²) in [5, 5.41) is 6.50. The summed E-state index contributed by atoms with van der Waals surface area (Å²) >= 11 is 12.0. The Morgan fingerprint density at radius 3 is 2.21 bits per heavy atom. The first-order chi connectivity index (χ1) is 15.8. The van der Waals surface area contributed by atoms with Gasteiger partial charge in [0, 0.05) is 26.8 Å². The third-order valence-electron chi connectivity index (χ3n) is 4.60. The fourth-order valence-electron chi connectivity index (χ4n) is 3.11. The van der Waals surface area contributed by atoms with Crippen LogP contribution in [-0.4, -0.2) is 22.4 Å². The monoisotopic (exact) mass is 484 g/mol. The van der Waals surface area contributed by atoms with Crippen LogP contribution >= 0.6 is 23.2 Å². The van der Waals surface area contributed by atoms with Crippen molar-refractivity contribution in [3.63, 3.8) is 0 Å². The highest BCUT2D eigenvalue weighted by Gasteiger charge is 2.21. The van der Waals surface area contributed by atoms with E-state index in [1.807, 2.05) is 0 Å². The molecule has 0 fully saturated rings. The average Bonchev–Trinajstić information content (AvgIpc) is 3.12. The van der Waals surface area contributed by atoms with E-state index in [9.17, 15) is 18.8 Å². The fourth-order valence-corrected chi connectivity index (χ4v) is 3.48. The molecule has 7 nitrogen and oxygen atoms in total. The number of carbonyl (C=O) groups is 3. The molecule has 3 N–H and O–H groups in total. The van der Waals surface area contributed by atoms with Crippen LogP contribution in [0.3, 0.4) is 0 Å². The number of amides is 3. The number of hydrogen-bond donors (Lipinski definition) is 3. The molecule has 0 aliphatic rings. The summed E-state index contributed by atoms with van der Waals surface area (Å²) in [6, 6.07) is 17.8. The summed E-state index contributed by atoms with van der Waals surface area (Å²) in [5.74, 6) is -3.07. The van der Waals surface area contributed by atoms with Crippen molar-refractivity contribution < 1.29 is 18.8 Å². The SMILES string of the molecule is O=C(Nc1ccc(F)cc1)C(=O)Nn1c(C(=O)Nc2cccc(Cl)c2)cc2cc(Cl)ccc21. The topological polar surface area (TPSA) is 92.2 Å². The van der Waals surface area contributed by atoms with Crippen molar-refractivity contribution in [2.45, 2.75) is 0 Å². The molecular formula is C23H15Cl2FN4O3. The highest BCUT2D eigenvalue weighted by molar-refractivity contribution is 6.42. The third kappa shape index (κ3) is 5.14. The second kappa shape index (κ2) is 9.32. The summed E-state index contributed by atoms with van der Waals surface area (Å²) in [7, 11) is 0. The maximum absolute atomic E-state index is 13.1. The van der Waals surface area contributed by atoms with Crippen LogP contribution in [-0.2, 0) is 9.59 Å². The molecule has 10 heteroatoms. The number of anilines is 2. The number of hydrogen-bond acceptors (Lipinski definition) is 3. The van der Waals surface area contributed by atoms with Crippen LogP contribution in [0.4, 0.5) is 15.8 Å². The maximum atomic E-state index is 13.1.